The number of aliphatic hydroxyl groups is 1. The van der Waals surface area contributed by atoms with Crippen LogP contribution in [0.15, 0.2) is 0 Å². The minimum absolute atomic E-state index is 0.199. The van der Waals surface area contributed by atoms with Crippen molar-refractivity contribution in [1.82, 2.24) is 0 Å². The predicted octanol–water partition coefficient (Wildman–Crippen LogP) is 6.10. The van der Waals surface area contributed by atoms with E-state index in [1.165, 1.54) is 77.0 Å². The minimum atomic E-state index is -0.757. The van der Waals surface area contributed by atoms with Gasteiger partial charge in [0.05, 0.1) is 12.7 Å². The zero-order valence-corrected chi connectivity index (χ0v) is 17.2. The van der Waals surface area contributed by atoms with Crippen LogP contribution in [0.25, 0.3) is 0 Å². The fraction of sp³-hybridized carbons (Fsp3) is 0.955. The van der Waals surface area contributed by atoms with Crippen molar-refractivity contribution in [1.29, 1.82) is 0 Å². The van der Waals surface area contributed by atoms with Crippen LogP contribution in [-0.2, 0) is 9.53 Å². The molecule has 0 bridgehead atoms. The third-order valence-electron chi connectivity index (χ3n) is 4.88. The van der Waals surface area contributed by atoms with E-state index in [4.69, 9.17) is 9.84 Å². The van der Waals surface area contributed by atoms with E-state index < -0.39 is 5.97 Å². The highest BCUT2D eigenvalue weighted by molar-refractivity contribution is 5.66. The van der Waals surface area contributed by atoms with Crippen LogP contribution in [0.4, 0.5) is 0 Å². The molecule has 0 aromatic carbocycles. The molecule has 0 aliphatic heterocycles. The molecule has 0 aromatic heterocycles. The Kier molecular flexibility index (Phi) is 20.2. The van der Waals surface area contributed by atoms with E-state index in [-0.39, 0.29) is 12.5 Å². The van der Waals surface area contributed by atoms with Gasteiger partial charge >= 0.3 is 5.97 Å². The van der Waals surface area contributed by atoms with Crippen molar-refractivity contribution in [2.24, 2.45) is 0 Å². The number of carboxylic acid groups (broad SMARTS) is 1. The molecule has 2 N–H and O–H groups in total. The maximum Gasteiger partial charge on any atom is 0.303 e. The Balaban J connectivity index is 3.14. The van der Waals surface area contributed by atoms with Crippen LogP contribution in [0.2, 0.25) is 0 Å². The number of aliphatic carboxylic acids is 1. The van der Waals surface area contributed by atoms with Gasteiger partial charge in [0.25, 0.3) is 0 Å². The summed E-state index contributed by atoms with van der Waals surface area (Å²) in [5, 5.41) is 18.4. The summed E-state index contributed by atoms with van der Waals surface area (Å²) in [6.45, 7) is 3.19. The summed E-state index contributed by atoms with van der Waals surface area (Å²) in [5.41, 5.74) is 0. The Morgan fingerprint density at radius 1 is 0.769 bits per heavy atom. The van der Waals surface area contributed by atoms with Gasteiger partial charge in [-0.05, 0) is 19.3 Å². The molecule has 1 unspecified atom stereocenters. The van der Waals surface area contributed by atoms with Gasteiger partial charge in [0.15, 0.2) is 0 Å². The van der Waals surface area contributed by atoms with Crippen molar-refractivity contribution in [3.63, 3.8) is 0 Å². The molecule has 0 aromatic rings. The van der Waals surface area contributed by atoms with Crippen molar-refractivity contribution >= 4 is 5.97 Å². The van der Waals surface area contributed by atoms with Crippen LogP contribution in [0.5, 0.6) is 0 Å². The molecule has 0 saturated heterocycles. The van der Waals surface area contributed by atoms with E-state index in [9.17, 15) is 9.90 Å². The molecular weight excluding hydrogens is 328 g/mol. The smallest absolute Gasteiger partial charge is 0.303 e. The zero-order chi connectivity index (χ0) is 19.3. The van der Waals surface area contributed by atoms with Gasteiger partial charge in [-0.1, -0.05) is 90.4 Å². The van der Waals surface area contributed by atoms with Crippen molar-refractivity contribution in [2.45, 2.75) is 122 Å². The third-order valence-corrected chi connectivity index (χ3v) is 4.88. The van der Waals surface area contributed by atoms with Gasteiger partial charge < -0.3 is 14.9 Å². The molecule has 26 heavy (non-hydrogen) atoms. The number of rotatable bonds is 21. The molecule has 156 valence electrons. The van der Waals surface area contributed by atoms with Gasteiger partial charge in [0.1, 0.15) is 0 Å². The van der Waals surface area contributed by atoms with E-state index in [1.807, 2.05) is 0 Å². The highest BCUT2D eigenvalue weighted by Gasteiger charge is 2.04. The van der Waals surface area contributed by atoms with Crippen LogP contribution in [-0.4, -0.2) is 35.5 Å². The first-order valence-electron chi connectivity index (χ1n) is 11.1. The van der Waals surface area contributed by atoms with Gasteiger partial charge in [0.2, 0.25) is 0 Å². The van der Waals surface area contributed by atoms with Gasteiger partial charge in [-0.25, -0.2) is 0 Å². The Morgan fingerprint density at radius 2 is 1.27 bits per heavy atom. The molecule has 0 heterocycles. The van der Waals surface area contributed by atoms with E-state index in [0.29, 0.717) is 19.6 Å². The molecule has 1 atom stereocenters. The first-order valence-corrected chi connectivity index (χ1v) is 11.1. The SMILES string of the molecule is CCCCCCCCCCCCCCCC(O)COCCCCC(=O)O. The quantitative estimate of drug-likeness (QED) is 0.239. The summed E-state index contributed by atoms with van der Waals surface area (Å²) in [4.78, 5) is 10.4. The summed E-state index contributed by atoms with van der Waals surface area (Å²) in [5.74, 6) is -0.757. The molecule has 0 saturated carbocycles. The Bertz CT molecular complexity index is 294. The summed E-state index contributed by atoms with van der Waals surface area (Å²) in [6, 6.07) is 0. The van der Waals surface area contributed by atoms with Gasteiger partial charge in [0, 0.05) is 13.0 Å². The first-order chi connectivity index (χ1) is 12.7. The third kappa shape index (κ3) is 21.4. The summed E-state index contributed by atoms with van der Waals surface area (Å²) in [6.07, 6.45) is 19.4. The minimum Gasteiger partial charge on any atom is -0.481 e. The average Bonchev–Trinajstić information content (AvgIpc) is 2.61. The second kappa shape index (κ2) is 20.7. The lowest BCUT2D eigenvalue weighted by molar-refractivity contribution is -0.137. The largest absolute Gasteiger partial charge is 0.481 e. The van der Waals surface area contributed by atoms with Crippen LogP contribution in [0, 0.1) is 0 Å². The zero-order valence-electron chi connectivity index (χ0n) is 17.2. The molecule has 0 amide bonds. The van der Waals surface area contributed by atoms with Crippen molar-refractivity contribution < 1.29 is 19.7 Å². The second-order valence-corrected chi connectivity index (χ2v) is 7.61. The molecule has 4 nitrogen and oxygen atoms in total. The number of carboxylic acids is 1. The van der Waals surface area contributed by atoms with Crippen LogP contribution in [0.1, 0.15) is 116 Å². The van der Waals surface area contributed by atoms with Crippen molar-refractivity contribution in [3.05, 3.63) is 0 Å². The monoisotopic (exact) mass is 372 g/mol. The predicted molar refractivity (Wildman–Crippen MR) is 109 cm³/mol. The van der Waals surface area contributed by atoms with Gasteiger partial charge in [-0.3, -0.25) is 4.79 Å². The number of carbonyl (C=O) groups is 1. The standard InChI is InChI=1S/C22H44O4/c1-2-3-4-5-6-7-8-9-10-11-12-13-14-17-21(23)20-26-19-16-15-18-22(24)25/h21,23H,2-20H2,1H3,(H,24,25). The molecule has 0 aliphatic rings. The maximum atomic E-state index is 10.4. The summed E-state index contributed by atoms with van der Waals surface area (Å²) < 4.78 is 5.40. The Hall–Kier alpha value is -0.610. The second-order valence-electron chi connectivity index (χ2n) is 7.61. The lowest BCUT2D eigenvalue weighted by atomic mass is 10.0. The topological polar surface area (TPSA) is 66.8 Å². The normalized spacial score (nSPS) is 12.4. The van der Waals surface area contributed by atoms with Crippen molar-refractivity contribution in [2.75, 3.05) is 13.2 Å². The number of hydrogen-bond acceptors (Lipinski definition) is 3. The van der Waals surface area contributed by atoms with Crippen molar-refractivity contribution in [3.8, 4) is 0 Å². The van der Waals surface area contributed by atoms with E-state index in [2.05, 4.69) is 6.92 Å². The Labute approximate surface area is 161 Å². The molecule has 0 spiro atoms. The highest BCUT2D eigenvalue weighted by atomic mass is 16.5. The summed E-state index contributed by atoms with van der Waals surface area (Å²) in [7, 11) is 0. The molecule has 4 heteroatoms. The van der Waals surface area contributed by atoms with E-state index in [0.717, 1.165) is 19.3 Å². The number of unbranched alkanes of at least 4 members (excludes halogenated alkanes) is 13. The average molecular weight is 373 g/mol. The number of aliphatic hydroxyl groups excluding tert-OH is 1. The van der Waals surface area contributed by atoms with Crippen LogP contribution >= 0.6 is 0 Å². The highest BCUT2D eigenvalue weighted by Crippen LogP contribution is 2.13. The number of ether oxygens (including phenoxy) is 1. The summed E-state index contributed by atoms with van der Waals surface area (Å²) >= 11 is 0. The molecule has 0 rings (SSSR count). The van der Waals surface area contributed by atoms with Gasteiger partial charge in [-0.2, -0.15) is 0 Å². The Morgan fingerprint density at radius 3 is 1.77 bits per heavy atom. The maximum absolute atomic E-state index is 10.4. The lowest BCUT2D eigenvalue weighted by Gasteiger charge is -2.11. The first kappa shape index (κ1) is 25.4. The fourth-order valence-corrected chi connectivity index (χ4v) is 3.18. The molecule has 0 radical (unpaired) electrons. The van der Waals surface area contributed by atoms with Crippen LogP contribution < -0.4 is 0 Å². The number of hydrogen-bond donors (Lipinski definition) is 2. The van der Waals surface area contributed by atoms with Crippen LogP contribution in [0.3, 0.4) is 0 Å². The molecule has 0 fully saturated rings. The van der Waals surface area contributed by atoms with E-state index in [1.54, 1.807) is 0 Å². The molecular formula is C22H44O4. The fourth-order valence-electron chi connectivity index (χ4n) is 3.18. The van der Waals surface area contributed by atoms with E-state index >= 15 is 0 Å². The van der Waals surface area contributed by atoms with Gasteiger partial charge in [-0.15, -0.1) is 0 Å². The molecule has 0 aliphatic carbocycles. The lowest BCUT2D eigenvalue weighted by Crippen LogP contribution is -2.15.